The van der Waals surface area contributed by atoms with E-state index in [1.165, 1.54) is 9.80 Å². The predicted octanol–water partition coefficient (Wildman–Crippen LogP) is 13.8. The first kappa shape index (κ1) is 96.0. The summed E-state index contributed by atoms with van der Waals surface area (Å²) >= 11 is 4.39. The Morgan fingerprint density at radius 1 is 0.483 bits per heavy atom. The molecule has 3 N–H and O–H groups in total. The van der Waals surface area contributed by atoms with E-state index in [1.807, 2.05) is 188 Å². The SMILES string of the molecule is C=CCCC(=O)C[C@@H](Cc1ccccc1)C(=O)N[C@@H](Cc1cccc(I)c1)C(=O)N1C[C@H](O)C[C@H]1C(=O)CCCOCCOC.C=CCCC(=O)C[C@@H](Cc1ccccc1)C(=O)N[C@@H](Cc1cccc(I)c1)C(=O)N1C[C@H](OC(=O)CCC(=O)CC)C[C@H]1C(=O)CCCOCCOC(c1ccccc1)(c1ccc(OC)cc1)c1ccc(OC)cc1. The number of β-amino-alcohol motifs (C(OH)–C–C–N with tert-alkyl or cyclic N) is 1. The van der Waals surface area contributed by atoms with Crippen molar-refractivity contribution in [2.75, 3.05) is 74.1 Å². The van der Waals surface area contributed by atoms with Crippen LogP contribution in [0.2, 0.25) is 0 Å². The minimum absolute atomic E-state index is 0.00571. The summed E-state index contributed by atoms with van der Waals surface area (Å²) in [4.78, 5) is 139. The number of esters is 1. The van der Waals surface area contributed by atoms with Crippen molar-refractivity contribution in [1.82, 2.24) is 20.4 Å². The fraction of sp³-hybridized carbons (Fsp3) is 0.417. The standard InChI is InChI=1S/C61H69IN2O11.C35H45IN2O7/c1-5-7-22-51(66)40-45(37-43-16-10-8-11-17-43)59(69)63-55(39-44-18-14-21-49(62)38-44)60(70)64-42-54(75-58(68)33-28-50(65)6-2)41-56(64)57(67)23-15-34-73-35-36-74-61(46-19-12-9-13-20-46,47-24-29-52(71-3)30-25-47)48-26-31-53(72-4)32-27-48;1-3-4-14-29(39)22-27(19-25-10-6-5-7-11-25)34(42)37-31(21-26-12-8-13-28(36)20-26)35(43)38-24-30(40)23-32(38)33(41)15-9-16-45-18-17-44-2/h5,8-14,16-21,24-27,29-32,38,45,54-56H,1,6-7,15,22-23,28,33-37,39-42H2,2-4H3,(H,63,69);3,5-8,10-13,20,27,30-32,40H,1,4,9,14-19,21-24H2,2H3,(H,37,42)/t45-,54-,55+,56+;27-,30-,31+,32+/m11/s1. The van der Waals surface area contributed by atoms with Crippen LogP contribution in [0.15, 0.2) is 213 Å². The first-order chi connectivity index (χ1) is 58.1. The number of ketones is 5. The number of Topliss-reactive ketones (excluding diaryl/α,β-unsaturated/α-hetero) is 5. The molecule has 0 aliphatic carbocycles. The number of carbonyl (C=O) groups excluding carboxylic acids is 10. The largest absolute Gasteiger partial charge is 0.497 e. The summed E-state index contributed by atoms with van der Waals surface area (Å²) in [7, 11) is 4.83. The van der Waals surface area contributed by atoms with Gasteiger partial charge in [-0.1, -0.05) is 159 Å². The molecule has 2 saturated heterocycles. The third kappa shape index (κ3) is 30.6. The van der Waals surface area contributed by atoms with E-state index >= 15 is 4.79 Å². The average molecular weight is 1870 g/mol. The predicted molar refractivity (Wildman–Crippen MR) is 476 cm³/mol. The van der Waals surface area contributed by atoms with Gasteiger partial charge < -0.3 is 58.7 Å². The van der Waals surface area contributed by atoms with Crippen LogP contribution in [0.1, 0.15) is 142 Å². The van der Waals surface area contributed by atoms with Gasteiger partial charge in [-0.2, -0.15) is 0 Å². The number of halogens is 2. The Balaban J connectivity index is 0.000000339. The number of rotatable bonds is 51. The Labute approximate surface area is 732 Å². The van der Waals surface area contributed by atoms with E-state index in [2.05, 4.69) is 69.0 Å². The number of amides is 4. The van der Waals surface area contributed by atoms with Crippen LogP contribution in [-0.2, 0) is 103 Å². The summed E-state index contributed by atoms with van der Waals surface area (Å²) in [6.07, 6.45) is 5.56. The molecule has 640 valence electrons. The molecule has 0 aromatic heterocycles. The van der Waals surface area contributed by atoms with Crippen molar-refractivity contribution in [2.24, 2.45) is 11.8 Å². The van der Waals surface area contributed by atoms with Gasteiger partial charge in [0.15, 0.2) is 11.6 Å². The summed E-state index contributed by atoms with van der Waals surface area (Å²) < 4.78 is 42.2. The van der Waals surface area contributed by atoms with Crippen LogP contribution < -0.4 is 20.1 Å². The van der Waals surface area contributed by atoms with E-state index in [0.717, 1.165) is 46.1 Å². The molecule has 2 heterocycles. The Morgan fingerprint density at radius 2 is 0.917 bits per heavy atom. The third-order valence-corrected chi connectivity index (χ3v) is 22.5. The van der Waals surface area contributed by atoms with Crippen LogP contribution in [0.3, 0.4) is 0 Å². The lowest BCUT2D eigenvalue weighted by atomic mass is 9.80. The fourth-order valence-corrected chi connectivity index (χ4v) is 16.1. The molecule has 24 heteroatoms. The molecule has 0 unspecified atom stereocenters. The number of nitrogens with one attached hydrogen (secondary N) is 2. The molecule has 0 saturated carbocycles. The highest BCUT2D eigenvalue weighted by Crippen LogP contribution is 2.42. The molecule has 0 bridgehead atoms. The number of ether oxygens (including phenoxy) is 7. The minimum Gasteiger partial charge on any atom is -0.497 e. The Hall–Kier alpha value is -9.42. The lowest BCUT2D eigenvalue weighted by molar-refractivity contribution is -0.150. The molecule has 22 nitrogen and oxygen atoms in total. The molecule has 4 amide bonds. The lowest BCUT2D eigenvalue weighted by Crippen LogP contribution is -2.54. The summed E-state index contributed by atoms with van der Waals surface area (Å²) in [5.74, 6) is -3.08. The van der Waals surface area contributed by atoms with Gasteiger partial charge in [-0.3, -0.25) is 47.9 Å². The minimum atomic E-state index is -1.13. The summed E-state index contributed by atoms with van der Waals surface area (Å²) in [6.45, 7) is 10.9. The Morgan fingerprint density at radius 3 is 1.36 bits per heavy atom. The van der Waals surface area contributed by atoms with Crippen LogP contribution in [0.25, 0.3) is 0 Å². The molecule has 2 fully saturated rings. The highest BCUT2D eigenvalue weighted by atomic mass is 127. The summed E-state index contributed by atoms with van der Waals surface area (Å²) in [5.41, 5.74) is 5.02. The van der Waals surface area contributed by atoms with Gasteiger partial charge in [0.25, 0.3) is 0 Å². The maximum Gasteiger partial charge on any atom is 0.306 e. The zero-order chi connectivity index (χ0) is 86.2. The first-order valence-electron chi connectivity index (χ1n) is 41.2. The van der Waals surface area contributed by atoms with Gasteiger partial charge in [-0.05, 0) is 171 Å². The molecule has 7 aromatic carbocycles. The lowest BCUT2D eigenvalue weighted by Gasteiger charge is -2.36. The van der Waals surface area contributed by atoms with Crippen LogP contribution in [0.5, 0.6) is 11.5 Å². The van der Waals surface area contributed by atoms with Gasteiger partial charge in [0.2, 0.25) is 23.6 Å². The quantitative estimate of drug-likeness (QED) is 0.0105. The van der Waals surface area contributed by atoms with Crippen molar-refractivity contribution < 1.29 is 86.2 Å². The number of methoxy groups -OCH3 is 3. The van der Waals surface area contributed by atoms with Crippen molar-refractivity contribution in [2.45, 2.75) is 171 Å². The van der Waals surface area contributed by atoms with Crippen molar-refractivity contribution in [3.05, 3.63) is 259 Å². The van der Waals surface area contributed by atoms with E-state index in [9.17, 15) is 48.3 Å². The number of aliphatic hydroxyl groups excluding tert-OH is 1. The van der Waals surface area contributed by atoms with Crippen LogP contribution in [0.4, 0.5) is 0 Å². The smallest absolute Gasteiger partial charge is 0.306 e. The Bertz CT molecular complexity index is 4410. The number of hydrogen-bond donors (Lipinski definition) is 3. The molecule has 8 atom stereocenters. The molecular formula is C96H114I2N4O18. The highest BCUT2D eigenvalue weighted by molar-refractivity contribution is 14.1. The first-order valence-corrected chi connectivity index (χ1v) is 43.4. The maximum absolute atomic E-state index is 15.1. The van der Waals surface area contributed by atoms with Crippen molar-refractivity contribution in [3.63, 3.8) is 0 Å². The topological polar surface area (TPSA) is 286 Å². The van der Waals surface area contributed by atoms with Gasteiger partial charge >= 0.3 is 5.97 Å². The van der Waals surface area contributed by atoms with Crippen molar-refractivity contribution in [1.29, 1.82) is 0 Å². The van der Waals surface area contributed by atoms with Gasteiger partial charge in [-0.25, -0.2) is 0 Å². The normalized spacial score (nSPS) is 16.0. The number of benzene rings is 7. The van der Waals surface area contributed by atoms with E-state index in [4.69, 9.17) is 33.2 Å². The second-order valence-corrected chi connectivity index (χ2v) is 32.5. The average Bonchev–Trinajstić information content (AvgIpc) is 0.968. The van der Waals surface area contributed by atoms with Crippen LogP contribution in [0, 0.1) is 19.0 Å². The molecule has 9 rings (SSSR count). The third-order valence-electron chi connectivity index (χ3n) is 21.2. The van der Waals surface area contributed by atoms with Crippen LogP contribution in [-0.4, -0.2) is 184 Å². The van der Waals surface area contributed by atoms with E-state index in [0.29, 0.717) is 69.8 Å². The zero-order valence-electron chi connectivity index (χ0n) is 69.2. The molecule has 2 aliphatic heterocycles. The monoisotopic (exact) mass is 1860 g/mol. The maximum atomic E-state index is 15.1. The molecule has 0 radical (unpaired) electrons. The highest BCUT2D eigenvalue weighted by Gasteiger charge is 2.45. The number of hydrogen-bond acceptors (Lipinski definition) is 18. The van der Waals surface area contributed by atoms with E-state index in [-0.39, 0.29) is 145 Å². The number of carbonyl (C=O) groups is 10. The summed E-state index contributed by atoms with van der Waals surface area (Å²) in [6, 6.07) is 55.7. The molecule has 120 heavy (non-hydrogen) atoms. The molecule has 0 spiro atoms. The number of allylic oxidation sites excluding steroid dienone is 2. The van der Waals surface area contributed by atoms with E-state index < -0.39 is 83.4 Å². The van der Waals surface area contributed by atoms with Crippen molar-refractivity contribution in [3.8, 4) is 11.5 Å². The summed E-state index contributed by atoms with van der Waals surface area (Å²) in [5, 5.41) is 16.5. The fourth-order valence-electron chi connectivity index (χ4n) is 14.9. The Kier molecular flexibility index (Phi) is 41.1. The molecular weight excluding hydrogens is 1750 g/mol. The molecule has 2 aliphatic rings. The van der Waals surface area contributed by atoms with Gasteiger partial charge in [0.05, 0.1) is 71.8 Å². The zero-order valence-corrected chi connectivity index (χ0v) is 73.5. The number of likely N-dealkylation sites (tertiary alicyclic amines) is 2. The second kappa shape index (κ2) is 51.4. The number of aliphatic hydroxyl groups is 1. The van der Waals surface area contributed by atoms with Crippen molar-refractivity contribution >= 4 is 104 Å². The van der Waals surface area contributed by atoms with Crippen LogP contribution >= 0.6 is 45.2 Å². The van der Waals surface area contributed by atoms with Gasteiger partial charge in [0, 0.05) is 123 Å². The number of nitrogens with zero attached hydrogens (tertiary/aromatic N) is 2. The second-order valence-electron chi connectivity index (χ2n) is 30.1. The van der Waals surface area contributed by atoms with Gasteiger partial charge in [0.1, 0.15) is 52.6 Å². The van der Waals surface area contributed by atoms with Gasteiger partial charge in [-0.15, -0.1) is 13.2 Å². The molecule has 7 aromatic rings. The van der Waals surface area contributed by atoms with E-state index in [1.54, 1.807) is 40.4 Å².